The van der Waals surface area contributed by atoms with Crippen LogP contribution in [0.15, 0.2) is 30.3 Å². The van der Waals surface area contributed by atoms with Gasteiger partial charge in [-0.05, 0) is 70.1 Å². The molecule has 8 nitrogen and oxygen atoms in total. The Bertz CT molecular complexity index is 1350. The first kappa shape index (κ1) is 21.3. The fourth-order valence-electron chi connectivity index (χ4n) is 5.21. The molecule has 6 rings (SSSR count). The Morgan fingerprint density at radius 2 is 1.71 bits per heavy atom. The monoisotopic (exact) mass is 457 g/mol. The van der Waals surface area contributed by atoms with Crippen LogP contribution in [0.1, 0.15) is 49.8 Å². The fourth-order valence-corrected chi connectivity index (χ4v) is 5.21. The van der Waals surface area contributed by atoms with Crippen LogP contribution in [0.3, 0.4) is 0 Å². The molecule has 8 heteroatoms. The number of nitrogens with one attached hydrogen (secondary N) is 1. The highest BCUT2D eigenvalue weighted by molar-refractivity contribution is 5.79. The number of hydrogen-bond acceptors (Lipinski definition) is 7. The largest absolute Gasteiger partial charge is 0.393 e. The number of nitrogens with zero attached hydrogens (tertiary/aromatic N) is 6. The zero-order chi connectivity index (χ0) is 23.2. The molecule has 2 aliphatic rings. The number of aryl methyl sites for hydroxylation is 2. The second-order valence-electron chi connectivity index (χ2n) is 9.79. The van der Waals surface area contributed by atoms with Gasteiger partial charge in [0.25, 0.3) is 0 Å². The second kappa shape index (κ2) is 8.51. The van der Waals surface area contributed by atoms with Gasteiger partial charge in [0, 0.05) is 31.3 Å². The standard InChI is InChI=1S/C26H31N7O/c1-16-5-10-20-21(13-16)29-26(17(2)27-20)22-14-24-30-23(32-11-3-4-12-32)15-25(33(24)31-22)28-18-6-8-19(34)9-7-18/h5,10,13-15,18-19,28,34H,3-4,6-9,11-12H2,1-2H3/t18-,19+. The van der Waals surface area contributed by atoms with Crippen LogP contribution in [0.4, 0.5) is 11.6 Å². The molecule has 3 aromatic heterocycles. The van der Waals surface area contributed by atoms with Crippen LogP contribution in [0.25, 0.3) is 28.1 Å². The minimum absolute atomic E-state index is 0.176. The molecule has 2 fully saturated rings. The molecule has 1 aliphatic carbocycles. The van der Waals surface area contributed by atoms with Gasteiger partial charge in [0.1, 0.15) is 23.0 Å². The first-order chi connectivity index (χ1) is 16.5. The van der Waals surface area contributed by atoms with E-state index in [0.717, 1.165) is 89.7 Å². The van der Waals surface area contributed by atoms with Crippen molar-refractivity contribution in [2.24, 2.45) is 0 Å². The first-order valence-corrected chi connectivity index (χ1v) is 12.4. The van der Waals surface area contributed by atoms with E-state index in [9.17, 15) is 5.11 Å². The summed E-state index contributed by atoms with van der Waals surface area (Å²) >= 11 is 0. The number of aliphatic hydroxyl groups excluding tert-OH is 1. The maximum atomic E-state index is 9.93. The molecule has 4 aromatic rings. The van der Waals surface area contributed by atoms with Crippen molar-refractivity contribution in [1.29, 1.82) is 0 Å². The van der Waals surface area contributed by atoms with Crippen molar-refractivity contribution in [2.45, 2.75) is 64.5 Å². The minimum atomic E-state index is -0.176. The molecular weight excluding hydrogens is 426 g/mol. The van der Waals surface area contributed by atoms with Crippen molar-refractivity contribution in [1.82, 2.24) is 24.6 Å². The van der Waals surface area contributed by atoms with E-state index in [1.807, 2.05) is 23.6 Å². The van der Waals surface area contributed by atoms with Crippen molar-refractivity contribution in [3.63, 3.8) is 0 Å². The van der Waals surface area contributed by atoms with Gasteiger partial charge in [0.05, 0.1) is 22.8 Å². The van der Waals surface area contributed by atoms with E-state index in [1.165, 1.54) is 12.8 Å². The summed E-state index contributed by atoms with van der Waals surface area (Å²) in [5, 5.41) is 18.6. The molecule has 1 saturated carbocycles. The molecule has 0 atom stereocenters. The third kappa shape index (κ3) is 3.96. The molecule has 0 spiro atoms. The summed E-state index contributed by atoms with van der Waals surface area (Å²) in [6, 6.07) is 10.6. The number of anilines is 2. The van der Waals surface area contributed by atoms with E-state index < -0.39 is 0 Å². The van der Waals surface area contributed by atoms with Crippen molar-refractivity contribution >= 4 is 28.3 Å². The zero-order valence-electron chi connectivity index (χ0n) is 19.8. The number of rotatable bonds is 4. The highest BCUT2D eigenvalue weighted by atomic mass is 16.3. The average molecular weight is 458 g/mol. The lowest BCUT2D eigenvalue weighted by atomic mass is 9.93. The Labute approximate surface area is 199 Å². The van der Waals surface area contributed by atoms with Gasteiger partial charge in [-0.25, -0.2) is 15.0 Å². The summed E-state index contributed by atoms with van der Waals surface area (Å²) in [6.07, 6.45) is 5.79. The molecule has 0 amide bonds. The average Bonchev–Trinajstić information content (AvgIpc) is 3.50. The van der Waals surface area contributed by atoms with Crippen molar-refractivity contribution in [3.05, 3.63) is 41.6 Å². The lowest BCUT2D eigenvalue weighted by Gasteiger charge is -2.27. The molecule has 34 heavy (non-hydrogen) atoms. The molecule has 2 N–H and O–H groups in total. The van der Waals surface area contributed by atoms with Crippen molar-refractivity contribution in [3.8, 4) is 11.4 Å². The van der Waals surface area contributed by atoms with Gasteiger partial charge < -0.3 is 15.3 Å². The molecule has 0 bridgehead atoms. The van der Waals surface area contributed by atoms with Crippen molar-refractivity contribution < 1.29 is 5.11 Å². The van der Waals surface area contributed by atoms with E-state index in [2.05, 4.69) is 35.3 Å². The third-order valence-electron chi connectivity index (χ3n) is 7.13. The maximum Gasteiger partial charge on any atom is 0.160 e. The molecule has 4 heterocycles. The summed E-state index contributed by atoms with van der Waals surface area (Å²) in [6.45, 7) is 6.13. The number of fused-ring (bicyclic) bond motifs is 2. The van der Waals surface area contributed by atoms with Gasteiger partial charge in [0.2, 0.25) is 0 Å². The Morgan fingerprint density at radius 1 is 0.912 bits per heavy atom. The molecule has 0 radical (unpaired) electrons. The highest BCUT2D eigenvalue weighted by Gasteiger charge is 2.23. The van der Waals surface area contributed by atoms with E-state index in [4.69, 9.17) is 20.1 Å². The van der Waals surface area contributed by atoms with Gasteiger partial charge in [-0.3, -0.25) is 0 Å². The normalized spacial score (nSPS) is 21.0. The number of aliphatic hydroxyl groups is 1. The van der Waals surface area contributed by atoms with Gasteiger partial charge in [0.15, 0.2) is 5.65 Å². The Kier molecular flexibility index (Phi) is 5.32. The molecular formula is C26H31N7O. The lowest BCUT2D eigenvalue weighted by molar-refractivity contribution is 0.126. The van der Waals surface area contributed by atoms with E-state index in [1.54, 1.807) is 0 Å². The summed E-state index contributed by atoms with van der Waals surface area (Å²) in [5.74, 6) is 1.94. The molecule has 1 saturated heterocycles. The maximum absolute atomic E-state index is 9.93. The SMILES string of the molecule is Cc1ccc2nc(C)c(-c3cc4nc(N5CCCC5)cc(N[C@H]5CC[C@@H](O)CC5)n4n3)nc2c1. The topological polar surface area (TPSA) is 91.5 Å². The molecule has 0 unspecified atom stereocenters. The molecule has 1 aliphatic heterocycles. The van der Waals surface area contributed by atoms with Crippen LogP contribution in [0.5, 0.6) is 0 Å². The Hall–Kier alpha value is -3.26. The Balaban J connectivity index is 1.44. The summed E-state index contributed by atoms with van der Waals surface area (Å²) in [7, 11) is 0. The fraction of sp³-hybridized carbons (Fsp3) is 0.462. The predicted octanol–water partition coefficient (Wildman–Crippen LogP) is 4.27. The van der Waals surface area contributed by atoms with Gasteiger partial charge >= 0.3 is 0 Å². The summed E-state index contributed by atoms with van der Waals surface area (Å²) in [5.41, 5.74) is 6.17. The number of hydrogen-bond donors (Lipinski definition) is 2. The zero-order valence-corrected chi connectivity index (χ0v) is 19.8. The summed E-state index contributed by atoms with van der Waals surface area (Å²) < 4.78 is 1.90. The lowest BCUT2D eigenvalue weighted by Crippen LogP contribution is -2.29. The summed E-state index contributed by atoms with van der Waals surface area (Å²) in [4.78, 5) is 17.0. The minimum Gasteiger partial charge on any atom is -0.393 e. The van der Waals surface area contributed by atoms with Gasteiger partial charge in [-0.15, -0.1) is 0 Å². The number of benzene rings is 1. The second-order valence-corrected chi connectivity index (χ2v) is 9.79. The van der Waals surface area contributed by atoms with Crippen LogP contribution < -0.4 is 10.2 Å². The smallest absolute Gasteiger partial charge is 0.160 e. The Morgan fingerprint density at radius 3 is 2.50 bits per heavy atom. The van der Waals surface area contributed by atoms with Gasteiger partial charge in [-0.2, -0.15) is 9.61 Å². The molecule has 1 aromatic carbocycles. The van der Waals surface area contributed by atoms with Crippen LogP contribution in [0.2, 0.25) is 0 Å². The third-order valence-corrected chi connectivity index (χ3v) is 7.13. The van der Waals surface area contributed by atoms with E-state index in [0.29, 0.717) is 6.04 Å². The number of aromatic nitrogens is 5. The van der Waals surface area contributed by atoms with Gasteiger partial charge in [-0.1, -0.05) is 6.07 Å². The van der Waals surface area contributed by atoms with Crippen molar-refractivity contribution in [2.75, 3.05) is 23.3 Å². The highest BCUT2D eigenvalue weighted by Crippen LogP contribution is 2.29. The quantitative estimate of drug-likeness (QED) is 0.473. The van der Waals surface area contributed by atoms with E-state index >= 15 is 0 Å². The van der Waals surface area contributed by atoms with Crippen LogP contribution in [0, 0.1) is 13.8 Å². The molecule has 176 valence electrons. The van der Waals surface area contributed by atoms with Crippen LogP contribution in [-0.2, 0) is 0 Å². The van der Waals surface area contributed by atoms with Crippen LogP contribution >= 0.6 is 0 Å². The predicted molar refractivity (Wildman–Crippen MR) is 134 cm³/mol. The van der Waals surface area contributed by atoms with Crippen LogP contribution in [-0.4, -0.2) is 54.9 Å². The first-order valence-electron chi connectivity index (χ1n) is 12.4. The van der Waals surface area contributed by atoms with E-state index in [-0.39, 0.29) is 6.10 Å².